The highest BCUT2D eigenvalue weighted by atomic mass is 16.6. The number of anilines is 2. The molecule has 4 N–H and O–H groups in total. The molecule has 0 amide bonds. The molecule has 1 atom stereocenters. The van der Waals surface area contributed by atoms with Crippen molar-refractivity contribution < 1.29 is 9.74 Å². The highest BCUT2D eigenvalue weighted by Gasteiger charge is 2.11. The summed E-state index contributed by atoms with van der Waals surface area (Å²) in [4.78, 5) is 0. The van der Waals surface area contributed by atoms with Gasteiger partial charge in [-0.2, -0.15) is 0 Å². The maximum Gasteiger partial charge on any atom is 0.160 e. The molecule has 92 valence electrons. The van der Waals surface area contributed by atoms with Gasteiger partial charge in [0, 0.05) is 12.6 Å². The first-order valence-electron chi connectivity index (χ1n) is 5.60. The number of nitrogens with two attached hydrogens (primary N) is 1. The summed E-state index contributed by atoms with van der Waals surface area (Å²) in [5.74, 6) is 0. The summed E-state index contributed by atoms with van der Waals surface area (Å²) in [6, 6.07) is 3.87. The summed E-state index contributed by atoms with van der Waals surface area (Å²) < 4.78 is 4.69. The van der Waals surface area contributed by atoms with Gasteiger partial charge in [-0.15, -0.1) is 0 Å². The minimum absolute atomic E-state index is 0.203. The van der Waals surface area contributed by atoms with Crippen molar-refractivity contribution in [3.63, 3.8) is 0 Å². The number of hydrogen-bond donors (Lipinski definition) is 3. The van der Waals surface area contributed by atoms with Gasteiger partial charge < -0.3 is 16.2 Å². The molecule has 2 rings (SSSR count). The number of benzene rings is 1. The zero-order valence-corrected chi connectivity index (χ0v) is 9.68. The smallest absolute Gasteiger partial charge is 0.160 e. The lowest BCUT2D eigenvalue weighted by Gasteiger charge is -2.14. The molecule has 0 bridgehead atoms. The second-order valence-electron chi connectivity index (χ2n) is 4.08. The first kappa shape index (κ1) is 11.7. The molecule has 17 heavy (non-hydrogen) atoms. The fraction of sp³-hybridized carbons (Fsp3) is 0.455. The maximum absolute atomic E-state index is 8.77. The van der Waals surface area contributed by atoms with Crippen molar-refractivity contribution in [3.8, 4) is 0 Å². The van der Waals surface area contributed by atoms with Crippen LogP contribution in [-0.4, -0.2) is 28.1 Å². The Bertz CT molecular complexity index is 497. The summed E-state index contributed by atoms with van der Waals surface area (Å²) in [7, 11) is 0. The molecule has 1 heterocycles. The van der Waals surface area contributed by atoms with Crippen molar-refractivity contribution in [1.29, 1.82) is 0 Å². The van der Waals surface area contributed by atoms with E-state index in [-0.39, 0.29) is 12.6 Å². The lowest BCUT2D eigenvalue weighted by molar-refractivity contribution is 0.282. The van der Waals surface area contributed by atoms with Gasteiger partial charge in [0.15, 0.2) is 11.0 Å². The number of hydrogen-bond acceptors (Lipinski definition) is 6. The van der Waals surface area contributed by atoms with Crippen LogP contribution in [0.25, 0.3) is 11.0 Å². The molecule has 1 unspecified atom stereocenters. The Labute approximate surface area is 98.8 Å². The Balaban J connectivity index is 2.18. The van der Waals surface area contributed by atoms with Crippen LogP contribution in [0.1, 0.15) is 19.8 Å². The largest absolute Gasteiger partial charge is 0.397 e. The van der Waals surface area contributed by atoms with E-state index in [1.165, 1.54) is 0 Å². The van der Waals surface area contributed by atoms with E-state index in [1.54, 1.807) is 6.07 Å². The predicted molar refractivity (Wildman–Crippen MR) is 65.6 cm³/mol. The van der Waals surface area contributed by atoms with Crippen molar-refractivity contribution in [2.45, 2.75) is 25.8 Å². The van der Waals surface area contributed by atoms with Crippen LogP contribution >= 0.6 is 0 Å². The monoisotopic (exact) mass is 236 g/mol. The van der Waals surface area contributed by atoms with Gasteiger partial charge in [-0.1, -0.05) is 0 Å². The SMILES string of the molecule is CC(CCCO)Nc1ccc(N)c2nonc12. The van der Waals surface area contributed by atoms with Crippen LogP contribution in [0.4, 0.5) is 11.4 Å². The van der Waals surface area contributed by atoms with Gasteiger partial charge in [-0.05, 0) is 42.2 Å². The molecule has 0 aliphatic carbocycles. The first-order valence-corrected chi connectivity index (χ1v) is 5.60. The zero-order chi connectivity index (χ0) is 12.3. The van der Waals surface area contributed by atoms with E-state index in [2.05, 4.69) is 20.3 Å². The normalized spacial score (nSPS) is 12.8. The van der Waals surface area contributed by atoms with Crippen LogP contribution in [0.5, 0.6) is 0 Å². The molecule has 0 saturated carbocycles. The third-order valence-electron chi connectivity index (χ3n) is 2.64. The summed E-state index contributed by atoms with van der Waals surface area (Å²) in [5.41, 5.74) is 8.37. The number of nitrogens with zero attached hydrogens (tertiary/aromatic N) is 2. The van der Waals surface area contributed by atoms with Crippen LogP contribution in [0.3, 0.4) is 0 Å². The van der Waals surface area contributed by atoms with E-state index in [1.807, 2.05) is 13.0 Å². The molecular formula is C11H16N4O2. The average Bonchev–Trinajstić information content (AvgIpc) is 2.80. The molecule has 0 spiro atoms. The van der Waals surface area contributed by atoms with Crippen LogP contribution in [0, 0.1) is 0 Å². The third kappa shape index (κ3) is 2.47. The van der Waals surface area contributed by atoms with Crippen LogP contribution in [0.2, 0.25) is 0 Å². The Hall–Kier alpha value is -1.82. The molecule has 2 aromatic rings. The molecular weight excluding hydrogens is 220 g/mol. The molecule has 0 radical (unpaired) electrons. The molecule has 0 saturated heterocycles. The minimum Gasteiger partial charge on any atom is -0.397 e. The van der Waals surface area contributed by atoms with E-state index >= 15 is 0 Å². The standard InChI is InChI=1S/C11H16N4O2/c1-7(3-2-6-16)13-9-5-4-8(12)10-11(9)15-17-14-10/h4-5,7,13,16H,2-3,6,12H2,1H3. The van der Waals surface area contributed by atoms with Gasteiger partial charge in [-0.3, -0.25) is 0 Å². The first-order chi connectivity index (χ1) is 8.22. The lowest BCUT2D eigenvalue weighted by atomic mass is 10.1. The zero-order valence-electron chi connectivity index (χ0n) is 9.68. The van der Waals surface area contributed by atoms with E-state index < -0.39 is 0 Å². The van der Waals surface area contributed by atoms with Gasteiger partial charge in [0.05, 0.1) is 11.4 Å². The fourth-order valence-corrected chi connectivity index (χ4v) is 1.74. The Morgan fingerprint density at radius 1 is 1.41 bits per heavy atom. The molecule has 6 heteroatoms. The molecule has 1 aromatic carbocycles. The Kier molecular flexibility index (Phi) is 3.43. The molecule has 0 fully saturated rings. The number of nitrogen functional groups attached to an aromatic ring is 1. The quantitative estimate of drug-likeness (QED) is 0.678. The molecule has 1 aromatic heterocycles. The maximum atomic E-state index is 8.77. The van der Waals surface area contributed by atoms with Crippen molar-refractivity contribution in [2.75, 3.05) is 17.7 Å². The second kappa shape index (κ2) is 5.01. The molecule has 0 aliphatic heterocycles. The molecule has 6 nitrogen and oxygen atoms in total. The van der Waals surface area contributed by atoms with Crippen molar-refractivity contribution in [3.05, 3.63) is 12.1 Å². The average molecular weight is 236 g/mol. The van der Waals surface area contributed by atoms with E-state index in [9.17, 15) is 0 Å². The van der Waals surface area contributed by atoms with Gasteiger partial charge in [0.2, 0.25) is 0 Å². The van der Waals surface area contributed by atoms with Crippen molar-refractivity contribution in [1.82, 2.24) is 10.3 Å². The Morgan fingerprint density at radius 2 is 2.18 bits per heavy atom. The molecule has 0 aliphatic rings. The van der Waals surface area contributed by atoms with Gasteiger partial charge in [0.1, 0.15) is 0 Å². The van der Waals surface area contributed by atoms with Crippen molar-refractivity contribution in [2.24, 2.45) is 0 Å². The number of aliphatic hydroxyl groups excluding tert-OH is 1. The highest BCUT2D eigenvalue weighted by molar-refractivity contribution is 5.94. The van der Waals surface area contributed by atoms with Gasteiger partial charge in [-0.25, -0.2) is 4.63 Å². The topological polar surface area (TPSA) is 97.2 Å². The summed E-state index contributed by atoms with van der Waals surface area (Å²) in [6.07, 6.45) is 1.65. The number of nitrogens with one attached hydrogen (secondary N) is 1. The summed E-state index contributed by atoms with van der Waals surface area (Å²) >= 11 is 0. The minimum atomic E-state index is 0.203. The fourth-order valence-electron chi connectivity index (χ4n) is 1.74. The Morgan fingerprint density at radius 3 is 2.94 bits per heavy atom. The van der Waals surface area contributed by atoms with Crippen LogP contribution in [0.15, 0.2) is 16.8 Å². The number of aliphatic hydroxyl groups is 1. The van der Waals surface area contributed by atoms with Crippen molar-refractivity contribution >= 4 is 22.4 Å². The number of rotatable bonds is 5. The second-order valence-corrected chi connectivity index (χ2v) is 4.08. The number of aromatic nitrogens is 2. The number of fused-ring (bicyclic) bond motifs is 1. The predicted octanol–water partition coefficient (Wildman–Crippen LogP) is 1.38. The van der Waals surface area contributed by atoms with E-state index in [0.29, 0.717) is 16.7 Å². The summed E-state index contributed by atoms with van der Waals surface area (Å²) in [5, 5.41) is 19.7. The van der Waals surface area contributed by atoms with Gasteiger partial charge >= 0.3 is 0 Å². The third-order valence-corrected chi connectivity index (χ3v) is 2.64. The van der Waals surface area contributed by atoms with Crippen LogP contribution in [-0.2, 0) is 0 Å². The van der Waals surface area contributed by atoms with E-state index in [0.717, 1.165) is 18.5 Å². The van der Waals surface area contributed by atoms with Crippen LogP contribution < -0.4 is 11.1 Å². The van der Waals surface area contributed by atoms with Gasteiger partial charge in [0.25, 0.3) is 0 Å². The van der Waals surface area contributed by atoms with E-state index in [4.69, 9.17) is 10.8 Å². The highest BCUT2D eigenvalue weighted by Crippen LogP contribution is 2.25. The lowest BCUT2D eigenvalue weighted by Crippen LogP contribution is -2.15. The summed E-state index contributed by atoms with van der Waals surface area (Å²) in [6.45, 7) is 2.25.